The molecule has 1 aliphatic rings. The van der Waals surface area contributed by atoms with Crippen LogP contribution in [0.2, 0.25) is 0 Å². The molecule has 2 aromatic carbocycles. The number of ether oxygens (including phenoxy) is 3. The molecule has 27 heavy (non-hydrogen) atoms. The van der Waals surface area contributed by atoms with Gasteiger partial charge in [-0.05, 0) is 49.4 Å². The lowest BCUT2D eigenvalue weighted by Crippen LogP contribution is -2.15. The van der Waals surface area contributed by atoms with Crippen LogP contribution in [-0.4, -0.2) is 30.8 Å². The van der Waals surface area contributed by atoms with Crippen molar-refractivity contribution < 1.29 is 19.0 Å². The summed E-state index contributed by atoms with van der Waals surface area (Å²) in [5, 5.41) is 6.01. The molecule has 6 nitrogen and oxygen atoms in total. The van der Waals surface area contributed by atoms with Gasteiger partial charge in [-0.3, -0.25) is 0 Å². The van der Waals surface area contributed by atoms with E-state index < -0.39 is 0 Å². The van der Waals surface area contributed by atoms with Crippen LogP contribution in [0, 0.1) is 0 Å². The number of nitrogens with zero attached hydrogens (tertiary/aromatic N) is 1. The molecule has 1 N–H and O–H groups in total. The second kappa shape index (κ2) is 7.67. The molecule has 0 saturated carbocycles. The number of nitrogens with one attached hydrogen (secondary N) is 1. The third-order valence-corrected chi connectivity index (χ3v) is 4.75. The number of anilines is 2. The van der Waals surface area contributed by atoms with Gasteiger partial charge in [0.05, 0.1) is 17.9 Å². The van der Waals surface area contributed by atoms with E-state index in [2.05, 4.69) is 10.3 Å². The van der Waals surface area contributed by atoms with E-state index in [9.17, 15) is 4.79 Å². The number of carbonyl (C=O) groups excluding carboxylic acids is 1. The largest absolute Gasteiger partial charge is 0.486 e. The van der Waals surface area contributed by atoms with Gasteiger partial charge in [0, 0.05) is 16.6 Å². The van der Waals surface area contributed by atoms with E-state index in [1.54, 1.807) is 19.1 Å². The number of thiazole rings is 1. The quantitative estimate of drug-likeness (QED) is 0.655. The van der Waals surface area contributed by atoms with Crippen molar-refractivity contribution in [2.45, 2.75) is 6.92 Å². The van der Waals surface area contributed by atoms with Gasteiger partial charge in [0.15, 0.2) is 16.6 Å². The summed E-state index contributed by atoms with van der Waals surface area (Å²) in [5.41, 5.74) is 3.22. The van der Waals surface area contributed by atoms with Crippen LogP contribution in [0.1, 0.15) is 17.3 Å². The maximum absolute atomic E-state index is 11.7. The van der Waals surface area contributed by atoms with Crippen molar-refractivity contribution in [1.29, 1.82) is 0 Å². The molecular weight excluding hydrogens is 364 g/mol. The molecule has 0 unspecified atom stereocenters. The Kier molecular flexibility index (Phi) is 4.93. The molecule has 0 spiro atoms. The first-order valence-corrected chi connectivity index (χ1v) is 9.50. The van der Waals surface area contributed by atoms with Crippen LogP contribution in [0.5, 0.6) is 11.5 Å². The maximum Gasteiger partial charge on any atom is 0.338 e. The summed E-state index contributed by atoms with van der Waals surface area (Å²) in [7, 11) is 0. The smallest absolute Gasteiger partial charge is 0.338 e. The van der Waals surface area contributed by atoms with Crippen LogP contribution in [0.15, 0.2) is 47.8 Å². The number of fused-ring (bicyclic) bond motifs is 1. The Morgan fingerprint density at radius 3 is 2.70 bits per heavy atom. The van der Waals surface area contributed by atoms with Crippen molar-refractivity contribution in [2.24, 2.45) is 0 Å². The number of aromatic nitrogens is 1. The van der Waals surface area contributed by atoms with Gasteiger partial charge in [-0.25, -0.2) is 9.78 Å². The van der Waals surface area contributed by atoms with E-state index in [0.29, 0.717) is 25.4 Å². The van der Waals surface area contributed by atoms with E-state index in [-0.39, 0.29) is 5.97 Å². The van der Waals surface area contributed by atoms with Gasteiger partial charge in [0.2, 0.25) is 0 Å². The number of carbonyl (C=O) groups is 1. The van der Waals surface area contributed by atoms with Crippen molar-refractivity contribution in [3.8, 4) is 22.8 Å². The Labute approximate surface area is 160 Å². The zero-order valence-electron chi connectivity index (χ0n) is 14.7. The fourth-order valence-electron chi connectivity index (χ4n) is 2.69. The molecule has 138 valence electrons. The molecule has 0 radical (unpaired) electrons. The van der Waals surface area contributed by atoms with Crippen LogP contribution in [0.25, 0.3) is 11.3 Å². The van der Waals surface area contributed by atoms with Crippen molar-refractivity contribution in [3.05, 3.63) is 53.4 Å². The molecule has 2 heterocycles. The summed E-state index contributed by atoms with van der Waals surface area (Å²) in [6.45, 7) is 3.28. The third-order valence-electron chi connectivity index (χ3n) is 3.99. The van der Waals surface area contributed by atoms with Gasteiger partial charge >= 0.3 is 5.97 Å². The predicted octanol–water partition coefficient (Wildman–Crippen LogP) is 4.50. The number of benzene rings is 2. The van der Waals surface area contributed by atoms with Crippen LogP contribution in [0.3, 0.4) is 0 Å². The molecule has 4 rings (SSSR count). The second-order valence-corrected chi connectivity index (χ2v) is 6.68. The summed E-state index contributed by atoms with van der Waals surface area (Å²) >= 11 is 1.51. The van der Waals surface area contributed by atoms with E-state index in [1.807, 2.05) is 35.7 Å². The molecule has 0 atom stereocenters. The van der Waals surface area contributed by atoms with Crippen LogP contribution < -0.4 is 14.8 Å². The van der Waals surface area contributed by atoms with E-state index >= 15 is 0 Å². The van der Waals surface area contributed by atoms with Crippen LogP contribution in [0.4, 0.5) is 10.8 Å². The van der Waals surface area contributed by atoms with Gasteiger partial charge in [-0.15, -0.1) is 11.3 Å². The Balaban J connectivity index is 1.47. The summed E-state index contributed by atoms with van der Waals surface area (Å²) in [6.07, 6.45) is 0. The molecule has 0 bridgehead atoms. The minimum Gasteiger partial charge on any atom is -0.486 e. The average molecular weight is 382 g/mol. The highest BCUT2D eigenvalue weighted by Crippen LogP contribution is 2.35. The SMILES string of the molecule is CCOC(=O)c1ccc(Nc2nc(-c3ccc4c(c3)OCCO4)cs2)cc1. The molecule has 3 aromatic rings. The molecule has 0 saturated heterocycles. The minimum absolute atomic E-state index is 0.320. The Morgan fingerprint density at radius 1 is 1.15 bits per heavy atom. The second-order valence-electron chi connectivity index (χ2n) is 5.82. The Hall–Kier alpha value is -3.06. The zero-order valence-corrected chi connectivity index (χ0v) is 15.5. The van der Waals surface area contributed by atoms with E-state index in [4.69, 9.17) is 14.2 Å². The van der Waals surface area contributed by atoms with Crippen molar-refractivity contribution >= 4 is 28.1 Å². The first-order chi connectivity index (χ1) is 13.2. The van der Waals surface area contributed by atoms with Gasteiger partial charge in [0.1, 0.15) is 13.2 Å². The van der Waals surface area contributed by atoms with Gasteiger partial charge in [-0.2, -0.15) is 0 Å². The number of esters is 1. The first-order valence-electron chi connectivity index (χ1n) is 8.62. The predicted molar refractivity (Wildman–Crippen MR) is 104 cm³/mol. The number of rotatable bonds is 5. The van der Waals surface area contributed by atoms with Crippen molar-refractivity contribution in [3.63, 3.8) is 0 Å². The summed E-state index contributed by atoms with van der Waals surface area (Å²) in [5.74, 6) is 1.19. The maximum atomic E-state index is 11.7. The lowest BCUT2D eigenvalue weighted by atomic mass is 10.1. The van der Waals surface area contributed by atoms with Crippen LogP contribution >= 0.6 is 11.3 Å². The normalized spacial score (nSPS) is 12.5. The lowest BCUT2D eigenvalue weighted by molar-refractivity contribution is 0.0526. The highest BCUT2D eigenvalue weighted by atomic mass is 32.1. The summed E-state index contributed by atoms with van der Waals surface area (Å²) in [4.78, 5) is 16.3. The fraction of sp³-hybridized carbons (Fsp3) is 0.200. The summed E-state index contributed by atoms with van der Waals surface area (Å²) < 4.78 is 16.2. The molecule has 1 aliphatic heterocycles. The van der Waals surface area contributed by atoms with E-state index in [0.717, 1.165) is 33.6 Å². The average Bonchev–Trinajstić information content (AvgIpc) is 3.17. The van der Waals surface area contributed by atoms with Gasteiger partial charge in [-0.1, -0.05) is 0 Å². The molecule has 0 aliphatic carbocycles. The third kappa shape index (κ3) is 3.88. The zero-order chi connectivity index (χ0) is 18.6. The fourth-order valence-corrected chi connectivity index (χ4v) is 3.43. The standard InChI is InChI=1S/C20H18N2O4S/c1-2-24-19(23)13-3-6-15(7-4-13)21-20-22-16(12-27-20)14-5-8-17-18(11-14)26-10-9-25-17/h3-8,11-12H,2,9-10H2,1H3,(H,21,22). The van der Waals surface area contributed by atoms with Gasteiger partial charge < -0.3 is 19.5 Å². The Morgan fingerprint density at radius 2 is 1.93 bits per heavy atom. The number of hydrogen-bond acceptors (Lipinski definition) is 7. The van der Waals surface area contributed by atoms with E-state index in [1.165, 1.54) is 11.3 Å². The molecule has 0 fully saturated rings. The molecule has 0 amide bonds. The van der Waals surface area contributed by atoms with Crippen molar-refractivity contribution in [2.75, 3.05) is 25.1 Å². The first kappa shape index (κ1) is 17.4. The van der Waals surface area contributed by atoms with Crippen LogP contribution in [-0.2, 0) is 4.74 Å². The highest BCUT2D eigenvalue weighted by Gasteiger charge is 2.14. The van der Waals surface area contributed by atoms with Gasteiger partial charge in [0.25, 0.3) is 0 Å². The minimum atomic E-state index is -0.320. The van der Waals surface area contributed by atoms with Crippen molar-refractivity contribution in [1.82, 2.24) is 4.98 Å². The number of hydrogen-bond donors (Lipinski definition) is 1. The Bertz CT molecular complexity index is 953. The monoisotopic (exact) mass is 382 g/mol. The lowest BCUT2D eigenvalue weighted by Gasteiger charge is -2.18. The molecule has 1 aromatic heterocycles. The topological polar surface area (TPSA) is 69.7 Å². The summed E-state index contributed by atoms with van der Waals surface area (Å²) in [6, 6.07) is 13.0. The molecular formula is C20H18N2O4S. The molecule has 7 heteroatoms. The highest BCUT2D eigenvalue weighted by molar-refractivity contribution is 7.14.